The fraction of sp³-hybridized carbons (Fsp3) is 0.556. The molecule has 0 bridgehead atoms. The Bertz CT molecular complexity index is 622. The van der Waals surface area contributed by atoms with Crippen LogP contribution in [0.4, 0.5) is 0 Å². The van der Waals surface area contributed by atoms with E-state index in [1.54, 1.807) is 19.1 Å². The summed E-state index contributed by atoms with van der Waals surface area (Å²) in [5, 5.41) is 31.3. The summed E-state index contributed by atoms with van der Waals surface area (Å²) in [5.41, 5.74) is 0.697. The van der Waals surface area contributed by atoms with Crippen molar-refractivity contribution >= 4 is 0 Å². The molecule has 0 unspecified atom stereocenters. The molecule has 1 aromatic carbocycles. The number of aromatic hydroxyl groups is 1. The predicted octanol–water partition coefficient (Wildman–Crippen LogP) is 2.31. The highest BCUT2D eigenvalue weighted by molar-refractivity contribution is 5.42. The van der Waals surface area contributed by atoms with E-state index >= 15 is 0 Å². The van der Waals surface area contributed by atoms with E-state index in [0.717, 1.165) is 11.1 Å². The summed E-state index contributed by atoms with van der Waals surface area (Å²) in [6.45, 7) is 3.67. The normalized spacial score (nSPS) is 37.0. The number of ether oxygens (including phenoxy) is 2. The van der Waals surface area contributed by atoms with Crippen molar-refractivity contribution in [3.8, 4) is 11.5 Å². The Morgan fingerprint density at radius 1 is 1.35 bits per heavy atom. The molecule has 5 nitrogen and oxygen atoms in total. The van der Waals surface area contributed by atoms with Gasteiger partial charge in [-0.25, -0.2) is 0 Å². The van der Waals surface area contributed by atoms with Crippen LogP contribution in [0.3, 0.4) is 0 Å². The second-order valence-electron chi connectivity index (χ2n) is 6.82. The minimum Gasteiger partial charge on any atom is -0.504 e. The van der Waals surface area contributed by atoms with Crippen LogP contribution >= 0.6 is 0 Å². The molecule has 0 radical (unpaired) electrons. The van der Waals surface area contributed by atoms with Crippen molar-refractivity contribution in [3.63, 3.8) is 0 Å². The van der Waals surface area contributed by atoms with E-state index in [4.69, 9.17) is 9.47 Å². The average molecular weight is 320 g/mol. The second-order valence-corrected chi connectivity index (χ2v) is 6.82. The molecule has 5 heteroatoms. The number of rotatable bonds is 2. The number of fused-ring (bicyclic) bond motifs is 1. The molecule has 23 heavy (non-hydrogen) atoms. The van der Waals surface area contributed by atoms with E-state index in [1.165, 1.54) is 7.11 Å². The van der Waals surface area contributed by atoms with Gasteiger partial charge in [0.05, 0.1) is 24.9 Å². The Morgan fingerprint density at radius 3 is 2.74 bits per heavy atom. The zero-order valence-corrected chi connectivity index (χ0v) is 13.7. The fourth-order valence-corrected chi connectivity index (χ4v) is 3.69. The molecule has 126 valence electrons. The van der Waals surface area contributed by atoms with Crippen LogP contribution in [0.2, 0.25) is 0 Å². The molecular weight excluding hydrogens is 296 g/mol. The van der Waals surface area contributed by atoms with E-state index in [2.05, 4.69) is 0 Å². The standard InChI is InChI=1S/C18H24O5/c1-10-4-6-12-17(16(10)20)23-15(9-18(12,2)21)11-5-7-14(22-3)13(19)8-11/h4-5,7-8,12,15-17,19-21H,6,9H2,1-3H3/t12-,15+,16-,17-,18-/m1/s1. The first-order valence-corrected chi connectivity index (χ1v) is 7.93. The van der Waals surface area contributed by atoms with E-state index in [1.807, 2.05) is 19.1 Å². The lowest BCUT2D eigenvalue weighted by Crippen LogP contribution is -2.55. The minimum absolute atomic E-state index is 0.0376. The van der Waals surface area contributed by atoms with Crippen LogP contribution in [0.1, 0.15) is 38.4 Å². The maximum Gasteiger partial charge on any atom is 0.160 e. The van der Waals surface area contributed by atoms with E-state index in [-0.39, 0.29) is 17.8 Å². The van der Waals surface area contributed by atoms with Crippen molar-refractivity contribution < 1.29 is 24.8 Å². The smallest absolute Gasteiger partial charge is 0.160 e. The highest BCUT2D eigenvalue weighted by Gasteiger charge is 2.49. The summed E-state index contributed by atoms with van der Waals surface area (Å²) in [6.07, 6.45) is 1.54. The van der Waals surface area contributed by atoms with Crippen LogP contribution < -0.4 is 4.74 Å². The molecule has 2 aliphatic rings. The van der Waals surface area contributed by atoms with Crippen LogP contribution in [0.25, 0.3) is 0 Å². The predicted molar refractivity (Wildman–Crippen MR) is 85.4 cm³/mol. The fourth-order valence-electron chi connectivity index (χ4n) is 3.69. The quantitative estimate of drug-likeness (QED) is 0.729. The van der Waals surface area contributed by atoms with Gasteiger partial charge in [0, 0.05) is 12.3 Å². The molecule has 3 rings (SSSR count). The second kappa shape index (κ2) is 5.82. The average Bonchev–Trinajstić information content (AvgIpc) is 2.50. The minimum atomic E-state index is -0.943. The van der Waals surface area contributed by atoms with Crippen LogP contribution in [-0.4, -0.2) is 40.2 Å². The van der Waals surface area contributed by atoms with E-state index in [9.17, 15) is 15.3 Å². The number of methoxy groups -OCH3 is 1. The highest BCUT2D eigenvalue weighted by atomic mass is 16.5. The number of phenolic OH excluding ortho intramolecular Hbond substituents is 1. The summed E-state index contributed by atoms with van der Waals surface area (Å²) in [6, 6.07) is 5.09. The zero-order valence-electron chi connectivity index (χ0n) is 13.7. The van der Waals surface area contributed by atoms with Gasteiger partial charge in [0.2, 0.25) is 0 Å². The van der Waals surface area contributed by atoms with Crippen molar-refractivity contribution in [2.24, 2.45) is 5.92 Å². The van der Waals surface area contributed by atoms with Gasteiger partial charge in [0.1, 0.15) is 6.10 Å². The van der Waals surface area contributed by atoms with Crippen molar-refractivity contribution in [2.45, 2.75) is 50.6 Å². The van der Waals surface area contributed by atoms with Crippen LogP contribution in [0, 0.1) is 5.92 Å². The van der Waals surface area contributed by atoms with Gasteiger partial charge in [-0.05, 0) is 43.5 Å². The molecule has 3 N–H and O–H groups in total. The monoisotopic (exact) mass is 320 g/mol. The lowest BCUT2D eigenvalue weighted by Gasteiger charge is -2.49. The molecule has 1 heterocycles. The lowest BCUT2D eigenvalue weighted by molar-refractivity contribution is -0.206. The Kier molecular flexibility index (Phi) is 4.12. The summed E-state index contributed by atoms with van der Waals surface area (Å²) >= 11 is 0. The lowest BCUT2D eigenvalue weighted by atomic mass is 9.70. The summed E-state index contributed by atoms with van der Waals surface area (Å²) < 4.78 is 11.2. The van der Waals surface area contributed by atoms with Gasteiger partial charge in [-0.15, -0.1) is 0 Å². The molecule has 1 aliphatic heterocycles. The molecule has 0 amide bonds. The Hall–Kier alpha value is -1.56. The molecule has 1 saturated heterocycles. The molecule has 1 aromatic rings. The molecular formula is C18H24O5. The number of aliphatic hydroxyl groups is 2. The third-order valence-electron chi connectivity index (χ3n) is 5.16. The number of allylic oxidation sites excluding steroid dienone is 1. The van der Waals surface area contributed by atoms with Gasteiger partial charge in [-0.2, -0.15) is 0 Å². The maximum absolute atomic E-state index is 10.9. The van der Waals surface area contributed by atoms with Gasteiger partial charge in [0.15, 0.2) is 11.5 Å². The Labute approximate surface area is 136 Å². The number of phenols is 1. The first kappa shape index (κ1) is 16.3. The third-order valence-corrected chi connectivity index (χ3v) is 5.16. The number of benzene rings is 1. The van der Waals surface area contributed by atoms with Gasteiger partial charge in [-0.1, -0.05) is 12.1 Å². The van der Waals surface area contributed by atoms with Crippen LogP contribution in [0.15, 0.2) is 29.8 Å². The van der Waals surface area contributed by atoms with Gasteiger partial charge in [-0.3, -0.25) is 0 Å². The summed E-state index contributed by atoms with van der Waals surface area (Å²) in [4.78, 5) is 0. The Morgan fingerprint density at radius 2 is 2.09 bits per heavy atom. The topological polar surface area (TPSA) is 79.2 Å². The molecule has 1 fully saturated rings. The van der Waals surface area contributed by atoms with Crippen molar-refractivity contribution in [1.82, 2.24) is 0 Å². The third kappa shape index (κ3) is 2.84. The van der Waals surface area contributed by atoms with Crippen molar-refractivity contribution in [2.75, 3.05) is 7.11 Å². The summed E-state index contributed by atoms with van der Waals surface area (Å²) in [7, 11) is 1.49. The zero-order chi connectivity index (χ0) is 16.8. The molecule has 0 spiro atoms. The van der Waals surface area contributed by atoms with Gasteiger partial charge in [0.25, 0.3) is 0 Å². The summed E-state index contributed by atoms with van der Waals surface area (Å²) in [5.74, 6) is 0.297. The maximum atomic E-state index is 10.9. The van der Waals surface area contributed by atoms with E-state index in [0.29, 0.717) is 18.6 Å². The highest BCUT2D eigenvalue weighted by Crippen LogP contribution is 2.47. The van der Waals surface area contributed by atoms with Crippen LogP contribution in [0.5, 0.6) is 11.5 Å². The number of hydrogen-bond donors (Lipinski definition) is 3. The Balaban J connectivity index is 1.91. The number of hydrogen-bond acceptors (Lipinski definition) is 5. The first-order valence-electron chi connectivity index (χ1n) is 7.93. The van der Waals surface area contributed by atoms with Gasteiger partial charge < -0.3 is 24.8 Å². The largest absolute Gasteiger partial charge is 0.504 e. The van der Waals surface area contributed by atoms with Gasteiger partial charge >= 0.3 is 0 Å². The first-order chi connectivity index (χ1) is 10.8. The van der Waals surface area contributed by atoms with E-state index < -0.39 is 17.8 Å². The van der Waals surface area contributed by atoms with Crippen molar-refractivity contribution in [1.29, 1.82) is 0 Å². The van der Waals surface area contributed by atoms with Crippen LogP contribution in [-0.2, 0) is 4.74 Å². The molecule has 0 aromatic heterocycles. The molecule has 1 aliphatic carbocycles. The SMILES string of the molecule is COc1ccc([C@@H]2C[C@@](C)(O)[C@@H]3CC=C(C)[C@@H](O)[C@@H]3O2)cc1O. The molecule has 0 saturated carbocycles. The van der Waals surface area contributed by atoms with Crippen molar-refractivity contribution in [3.05, 3.63) is 35.4 Å². The molecule has 5 atom stereocenters. The number of aliphatic hydroxyl groups excluding tert-OH is 1.